The van der Waals surface area contributed by atoms with Crippen LogP contribution >= 0.6 is 0 Å². The zero-order chi connectivity index (χ0) is 8.53. The highest BCUT2D eigenvalue weighted by Crippen LogP contribution is 1.88. The molecule has 0 aromatic heterocycles. The van der Waals surface area contributed by atoms with Gasteiger partial charge in [-0.3, -0.25) is 4.79 Å². The normalized spacial score (nSPS) is 9.64. The van der Waals surface area contributed by atoms with Crippen molar-refractivity contribution in [3.63, 3.8) is 0 Å². The Morgan fingerprint density at radius 1 is 1.45 bits per heavy atom. The van der Waals surface area contributed by atoms with Gasteiger partial charge >= 0.3 is 0 Å². The van der Waals surface area contributed by atoms with Gasteiger partial charge in [-0.25, -0.2) is 0 Å². The molecular weight excluding hydrogens is 142 g/mol. The Balaban J connectivity index is 3.09. The molecule has 11 heavy (non-hydrogen) atoms. The number of rotatable bonds is 6. The highest BCUT2D eigenvalue weighted by atomic mass is 16.3. The van der Waals surface area contributed by atoms with E-state index in [4.69, 9.17) is 5.11 Å². The van der Waals surface area contributed by atoms with Crippen molar-refractivity contribution in [1.82, 2.24) is 5.32 Å². The Morgan fingerprint density at radius 3 is 2.73 bits per heavy atom. The van der Waals surface area contributed by atoms with Gasteiger partial charge in [0, 0.05) is 19.6 Å². The highest BCUT2D eigenvalue weighted by molar-refractivity contribution is 5.75. The lowest BCUT2D eigenvalue weighted by atomic mass is 10.3. The number of carbonyl (C=O) groups excluding carboxylic acids is 1. The molecule has 2 N–H and O–H groups in total. The van der Waals surface area contributed by atoms with E-state index in [9.17, 15) is 4.79 Å². The predicted octanol–water partition coefficient (Wildman–Crippen LogP) is 0.675. The molecule has 0 rings (SSSR count). The third-order valence-corrected chi connectivity index (χ3v) is 1.41. The van der Waals surface area contributed by atoms with Gasteiger partial charge in [0.2, 0.25) is 5.91 Å². The smallest absolute Gasteiger partial charge is 0.220 e. The minimum absolute atomic E-state index is 0.0486. The fourth-order valence-corrected chi connectivity index (χ4v) is 0.733. The van der Waals surface area contributed by atoms with Crippen molar-refractivity contribution in [2.75, 3.05) is 13.2 Å². The van der Waals surface area contributed by atoms with Crippen LogP contribution in [0.15, 0.2) is 0 Å². The molecule has 66 valence electrons. The van der Waals surface area contributed by atoms with E-state index in [0.29, 0.717) is 12.8 Å². The van der Waals surface area contributed by atoms with Crippen molar-refractivity contribution in [1.29, 1.82) is 0 Å². The third-order valence-electron chi connectivity index (χ3n) is 1.41. The van der Waals surface area contributed by atoms with Gasteiger partial charge in [0.05, 0.1) is 0 Å². The number of hydrogen-bond acceptors (Lipinski definition) is 2. The van der Waals surface area contributed by atoms with E-state index >= 15 is 0 Å². The molecule has 0 atom stereocenters. The Kier molecular flexibility index (Phi) is 7.15. The Hall–Kier alpha value is -0.570. The topological polar surface area (TPSA) is 49.3 Å². The first-order valence-electron chi connectivity index (χ1n) is 4.18. The van der Waals surface area contributed by atoms with Crippen molar-refractivity contribution in [3.05, 3.63) is 0 Å². The average Bonchev–Trinajstić information content (AvgIpc) is 2.01. The first-order valence-corrected chi connectivity index (χ1v) is 4.18. The molecule has 0 spiro atoms. The fourth-order valence-electron chi connectivity index (χ4n) is 0.733. The summed E-state index contributed by atoms with van der Waals surface area (Å²) >= 11 is 0. The summed E-state index contributed by atoms with van der Waals surface area (Å²) < 4.78 is 0. The summed E-state index contributed by atoms with van der Waals surface area (Å²) in [5, 5.41) is 11.2. The van der Waals surface area contributed by atoms with Gasteiger partial charge < -0.3 is 10.4 Å². The molecule has 3 heteroatoms. The lowest BCUT2D eigenvalue weighted by molar-refractivity contribution is -0.121. The molecule has 0 aromatic rings. The Labute approximate surface area is 67.8 Å². The van der Waals surface area contributed by atoms with E-state index in [1.165, 1.54) is 0 Å². The Bertz CT molecular complexity index is 104. The second-order valence-electron chi connectivity index (χ2n) is 2.53. The van der Waals surface area contributed by atoms with Gasteiger partial charge in [-0.15, -0.1) is 0 Å². The summed E-state index contributed by atoms with van der Waals surface area (Å²) in [5.41, 5.74) is 0. The van der Waals surface area contributed by atoms with Crippen LogP contribution in [0.3, 0.4) is 0 Å². The summed E-state index contributed by atoms with van der Waals surface area (Å²) in [6.07, 6.45) is 3.14. The van der Waals surface area contributed by atoms with Gasteiger partial charge in [-0.1, -0.05) is 13.3 Å². The molecule has 0 aromatic carbocycles. The number of aliphatic hydroxyl groups is 1. The van der Waals surface area contributed by atoms with Crippen molar-refractivity contribution in [2.45, 2.75) is 32.6 Å². The molecular formula is C8H17NO2. The number of hydrogen-bond donors (Lipinski definition) is 2. The summed E-state index contributed by atoms with van der Waals surface area (Å²) in [5.74, 6) is 0.0486. The molecule has 0 aliphatic rings. The van der Waals surface area contributed by atoms with E-state index in [-0.39, 0.29) is 12.5 Å². The van der Waals surface area contributed by atoms with Crippen LogP contribution in [-0.2, 0) is 4.79 Å². The SMILES string of the molecule is CCCCNC(=O)CCCO. The van der Waals surface area contributed by atoms with Crippen molar-refractivity contribution in [2.24, 2.45) is 0 Å². The van der Waals surface area contributed by atoms with Gasteiger partial charge in [-0.05, 0) is 12.8 Å². The Morgan fingerprint density at radius 2 is 2.18 bits per heavy atom. The summed E-state index contributed by atoms with van der Waals surface area (Å²) in [6.45, 7) is 2.95. The molecule has 3 nitrogen and oxygen atoms in total. The van der Waals surface area contributed by atoms with Crippen molar-refractivity contribution in [3.8, 4) is 0 Å². The number of unbranched alkanes of at least 4 members (excludes halogenated alkanes) is 1. The zero-order valence-electron chi connectivity index (χ0n) is 7.10. The molecule has 0 fully saturated rings. The molecule has 0 saturated heterocycles. The summed E-state index contributed by atoms with van der Waals surface area (Å²) in [4.78, 5) is 10.9. The number of nitrogens with one attached hydrogen (secondary N) is 1. The van der Waals surface area contributed by atoms with Crippen LogP contribution in [0.25, 0.3) is 0 Å². The van der Waals surface area contributed by atoms with Crippen LogP contribution in [-0.4, -0.2) is 24.2 Å². The van der Waals surface area contributed by atoms with Crippen LogP contribution < -0.4 is 5.32 Å². The molecule has 0 radical (unpaired) electrons. The standard InChI is InChI=1S/C8H17NO2/c1-2-3-6-9-8(11)5-4-7-10/h10H,2-7H2,1H3,(H,9,11). The highest BCUT2D eigenvalue weighted by Gasteiger charge is 1.97. The molecule has 0 bridgehead atoms. The van der Waals surface area contributed by atoms with E-state index in [1.54, 1.807) is 0 Å². The van der Waals surface area contributed by atoms with Gasteiger partial charge in [0.15, 0.2) is 0 Å². The van der Waals surface area contributed by atoms with Crippen molar-refractivity contribution >= 4 is 5.91 Å². The van der Waals surface area contributed by atoms with Gasteiger partial charge in [0.25, 0.3) is 0 Å². The fraction of sp³-hybridized carbons (Fsp3) is 0.875. The third kappa shape index (κ3) is 7.33. The number of carbonyl (C=O) groups is 1. The summed E-state index contributed by atoms with van der Waals surface area (Å²) in [7, 11) is 0. The second kappa shape index (κ2) is 7.54. The first-order chi connectivity index (χ1) is 5.31. The van der Waals surface area contributed by atoms with E-state index < -0.39 is 0 Å². The number of aliphatic hydroxyl groups excluding tert-OH is 1. The minimum atomic E-state index is 0.0486. The lowest BCUT2D eigenvalue weighted by Gasteiger charge is -2.01. The van der Waals surface area contributed by atoms with Crippen LogP contribution in [0.4, 0.5) is 0 Å². The quantitative estimate of drug-likeness (QED) is 0.560. The molecule has 0 heterocycles. The maximum atomic E-state index is 10.9. The van der Waals surface area contributed by atoms with Crippen molar-refractivity contribution < 1.29 is 9.90 Å². The molecule has 0 saturated carbocycles. The monoisotopic (exact) mass is 159 g/mol. The minimum Gasteiger partial charge on any atom is -0.396 e. The van der Waals surface area contributed by atoms with Crippen LogP contribution in [0.1, 0.15) is 32.6 Å². The van der Waals surface area contributed by atoms with Crippen LogP contribution in [0.5, 0.6) is 0 Å². The summed E-state index contributed by atoms with van der Waals surface area (Å²) in [6, 6.07) is 0. The maximum absolute atomic E-state index is 10.9. The number of amides is 1. The largest absolute Gasteiger partial charge is 0.396 e. The van der Waals surface area contributed by atoms with Crippen LogP contribution in [0, 0.1) is 0 Å². The van der Waals surface area contributed by atoms with E-state index in [1.807, 2.05) is 0 Å². The molecule has 0 aliphatic heterocycles. The van der Waals surface area contributed by atoms with E-state index in [0.717, 1.165) is 19.4 Å². The zero-order valence-corrected chi connectivity index (χ0v) is 7.10. The molecule has 0 aliphatic carbocycles. The predicted molar refractivity (Wildman–Crippen MR) is 44.2 cm³/mol. The van der Waals surface area contributed by atoms with Gasteiger partial charge in [-0.2, -0.15) is 0 Å². The second-order valence-corrected chi connectivity index (χ2v) is 2.53. The van der Waals surface area contributed by atoms with E-state index in [2.05, 4.69) is 12.2 Å². The van der Waals surface area contributed by atoms with Crippen LogP contribution in [0.2, 0.25) is 0 Å². The maximum Gasteiger partial charge on any atom is 0.220 e. The molecule has 1 amide bonds. The lowest BCUT2D eigenvalue weighted by Crippen LogP contribution is -2.24. The van der Waals surface area contributed by atoms with Gasteiger partial charge in [0.1, 0.15) is 0 Å². The first kappa shape index (κ1) is 10.4. The molecule has 0 unspecified atom stereocenters. The average molecular weight is 159 g/mol.